The third-order valence-corrected chi connectivity index (χ3v) is 5.40. The average molecular weight is 516 g/mol. The van der Waals surface area contributed by atoms with E-state index in [4.69, 9.17) is 22.3 Å². The summed E-state index contributed by atoms with van der Waals surface area (Å²) in [6, 6.07) is -5.33. The molecule has 16 nitrogen and oxygen atoms in total. The van der Waals surface area contributed by atoms with Crippen molar-refractivity contribution in [2.45, 2.75) is 69.1 Å². The Morgan fingerprint density at radius 1 is 0.944 bits per heavy atom. The number of hydrogen-bond acceptors (Lipinski definition) is 8. The maximum atomic E-state index is 13.0. The summed E-state index contributed by atoms with van der Waals surface area (Å²) in [6.45, 7) is 0.294. The molecule has 16 heteroatoms. The zero-order chi connectivity index (χ0) is 27.4. The second-order valence-corrected chi connectivity index (χ2v) is 8.24. The highest BCUT2D eigenvalue weighted by Gasteiger charge is 2.38. The quantitative estimate of drug-likeness (QED) is 0.0606. The van der Waals surface area contributed by atoms with Gasteiger partial charge in [-0.3, -0.25) is 29.0 Å². The predicted octanol–water partition coefficient (Wildman–Crippen LogP) is -3.25. The van der Waals surface area contributed by atoms with Crippen LogP contribution in [-0.2, 0) is 28.8 Å². The number of carboxylic acids is 3. The van der Waals surface area contributed by atoms with E-state index in [2.05, 4.69) is 15.6 Å². The third-order valence-electron chi connectivity index (χ3n) is 5.40. The zero-order valence-corrected chi connectivity index (χ0v) is 19.6. The SMILES string of the molecule is NC(N)=NCCCC(N)C(=O)NC(CC(=O)O)C(=O)NC(CCC(=O)O)C(=O)N1CCCC1C(=O)O. The molecule has 0 aliphatic carbocycles. The maximum absolute atomic E-state index is 13.0. The Labute approximate surface area is 206 Å². The standard InChI is InChI=1S/C20H33N7O9/c21-10(3-1-7-24-20(22)23)16(32)26-12(9-15(30)31)17(33)25-11(5-6-14(28)29)18(34)27-8-2-4-13(27)19(35)36/h10-13H,1-9,21H2,(H,25,33)(H,26,32)(H,28,29)(H,30,31)(H,35,36)(H4,22,23,24). The predicted molar refractivity (Wildman–Crippen MR) is 123 cm³/mol. The number of amides is 3. The molecule has 1 aliphatic rings. The van der Waals surface area contributed by atoms with Crippen LogP contribution in [0.15, 0.2) is 4.99 Å². The summed E-state index contributed by atoms with van der Waals surface area (Å²) in [5, 5.41) is 32.0. The molecule has 4 unspecified atom stereocenters. The van der Waals surface area contributed by atoms with E-state index in [1.807, 2.05) is 0 Å². The van der Waals surface area contributed by atoms with Gasteiger partial charge in [-0.25, -0.2) is 4.79 Å². The van der Waals surface area contributed by atoms with Crippen molar-refractivity contribution in [3.63, 3.8) is 0 Å². The van der Waals surface area contributed by atoms with Crippen molar-refractivity contribution in [1.29, 1.82) is 0 Å². The number of nitrogens with one attached hydrogen (secondary N) is 2. The summed E-state index contributed by atoms with van der Waals surface area (Å²) >= 11 is 0. The summed E-state index contributed by atoms with van der Waals surface area (Å²) in [5.41, 5.74) is 16.2. The van der Waals surface area contributed by atoms with Crippen LogP contribution in [-0.4, -0.2) is 99.1 Å². The van der Waals surface area contributed by atoms with Crippen molar-refractivity contribution < 1.29 is 44.1 Å². The zero-order valence-electron chi connectivity index (χ0n) is 19.6. The highest BCUT2D eigenvalue weighted by Crippen LogP contribution is 2.19. The van der Waals surface area contributed by atoms with Crippen LogP contribution in [0.4, 0.5) is 0 Å². The number of carbonyl (C=O) groups is 6. The van der Waals surface area contributed by atoms with Crippen molar-refractivity contribution in [3.05, 3.63) is 0 Å². The average Bonchev–Trinajstić information content (AvgIpc) is 3.28. The first-order valence-corrected chi connectivity index (χ1v) is 11.2. The number of carbonyl (C=O) groups excluding carboxylic acids is 3. The van der Waals surface area contributed by atoms with E-state index in [1.54, 1.807) is 0 Å². The van der Waals surface area contributed by atoms with Crippen molar-refractivity contribution in [2.75, 3.05) is 13.1 Å². The van der Waals surface area contributed by atoms with Crippen LogP contribution in [0.25, 0.3) is 0 Å². The number of aliphatic imine (C=N–C) groups is 1. The minimum atomic E-state index is -1.63. The topological polar surface area (TPSA) is 281 Å². The lowest BCUT2D eigenvalue weighted by atomic mass is 10.1. The fourth-order valence-corrected chi connectivity index (χ4v) is 3.60. The monoisotopic (exact) mass is 515 g/mol. The number of rotatable bonds is 15. The van der Waals surface area contributed by atoms with E-state index in [1.165, 1.54) is 0 Å². The first-order chi connectivity index (χ1) is 16.8. The maximum Gasteiger partial charge on any atom is 0.326 e. The van der Waals surface area contributed by atoms with E-state index in [0.29, 0.717) is 12.8 Å². The number of guanidine groups is 1. The molecular formula is C20H33N7O9. The molecule has 1 rings (SSSR count). The molecule has 0 radical (unpaired) electrons. The summed E-state index contributed by atoms with van der Waals surface area (Å²) in [7, 11) is 0. The smallest absolute Gasteiger partial charge is 0.326 e. The summed E-state index contributed by atoms with van der Waals surface area (Å²) < 4.78 is 0. The van der Waals surface area contributed by atoms with Gasteiger partial charge < -0.3 is 48.1 Å². The molecule has 36 heavy (non-hydrogen) atoms. The first kappa shape index (κ1) is 30.1. The van der Waals surface area contributed by atoms with Crippen LogP contribution < -0.4 is 27.8 Å². The number of hydrogen-bond donors (Lipinski definition) is 8. The van der Waals surface area contributed by atoms with Gasteiger partial charge in [-0.05, 0) is 32.1 Å². The van der Waals surface area contributed by atoms with Gasteiger partial charge in [0.25, 0.3) is 0 Å². The number of carboxylic acid groups (broad SMARTS) is 3. The van der Waals surface area contributed by atoms with E-state index in [9.17, 15) is 39.0 Å². The number of aliphatic carboxylic acids is 3. The first-order valence-electron chi connectivity index (χ1n) is 11.2. The molecule has 1 fully saturated rings. The van der Waals surface area contributed by atoms with E-state index in [0.717, 1.165) is 4.90 Å². The fourth-order valence-electron chi connectivity index (χ4n) is 3.60. The Morgan fingerprint density at radius 2 is 1.58 bits per heavy atom. The van der Waals surface area contributed by atoms with Crippen LogP contribution in [0.1, 0.15) is 44.9 Å². The van der Waals surface area contributed by atoms with Crippen LogP contribution >= 0.6 is 0 Å². The van der Waals surface area contributed by atoms with Gasteiger partial charge in [0.15, 0.2) is 5.96 Å². The van der Waals surface area contributed by atoms with E-state index >= 15 is 0 Å². The molecule has 11 N–H and O–H groups in total. The molecule has 0 bridgehead atoms. The molecule has 0 aromatic carbocycles. The summed E-state index contributed by atoms with van der Waals surface area (Å²) in [4.78, 5) is 76.8. The van der Waals surface area contributed by atoms with Gasteiger partial charge in [0.1, 0.15) is 18.1 Å². The molecule has 1 saturated heterocycles. The van der Waals surface area contributed by atoms with Gasteiger partial charge in [0.05, 0.1) is 12.5 Å². The molecule has 0 aromatic heterocycles. The highest BCUT2D eigenvalue weighted by molar-refractivity contribution is 5.96. The molecule has 1 aliphatic heterocycles. The molecule has 3 amide bonds. The molecule has 4 atom stereocenters. The third kappa shape index (κ3) is 10.1. The lowest BCUT2D eigenvalue weighted by molar-refractivity contribution is -0.150. The van der Waals surface area contributed by atoms with Gasteiger partial charge in [0, 0.05) is 19.5 Å². The number of nitrogens with zero attached hydrogens (tertiary/aromatic N) is 2. The van der Waals surface area contributed by atoms with Gasteiger partial charge in [-0.2, -0.15) is 0 Å². The van der Waals surface area contributed by atoms with Gasteiger partial charge in [-0.15, -0.1) is 0 Å². The van der Waals surface area contributed by atoms with E-state index in [-0.39, 0.29) is 38.3 Å². The number of nitrogens with two attached hydrogens (primary N) is 3. The molecule has 0 saturated carbocycles. The molecular weight excluding hydrogens is 482 g/mol. The Kier molecular flexibility index (Phi) is 12.1. The highest BCUT2D eigenvalue weighted by atomic mass is 16.4. The minimum absolute atomic E-state index is 0.0965. The van der Waals surface area contributed by atoms with Crippen molar-refractivity contribution in [1.82, 2.24) is 15.5 Å². The molecule has 0 aromatic rings. The second-order valence-electron chi connectivity index (χ2n) is 8.24. The van der Waals surface area contributed by atoms with Crippen molar-refractivity contribution >= 4 is 41.6 Å². The van der Waals surface area contributed by atoms with Crippen molar-refractivity contribution in [3.8, 4) is 0 Å². The normalized spacial score (nSPS) is 17.4. The molecule has 1 heterocycles. The van der Waals surface area contributed by atoms with Gasteiger partial charge in [0.2, 0.25) is 17.7 Å². The number of likely N-dealkylation sites (tertiary alicyclic amines) is 1. The fraction of sp³-hybridized carbons (Fsp3) is 0.650. The van der Waals surface area contributed by atoms with Gasteiger partial charge in [-0.1, -0.05) is 0 Å². The van der Waals surface area contributed by atoms with Crippen LogP contribution in [0.3, 0.4) is 0 Å². The Bertz CT molecular complexity index is 876. The van der Waals surface area contributed by atoms with Crippen LogP contribution in [0.5, 0.6) is 0 Å². The summed E-state index contributed by atoms with van der Waals surface area (Å²) in [6.07, 6.45) is -0.705. The Hall–Kier alpha value is -3.95. The Balaban J connectivity index is 2.95. The van der Waals surface area contributed by atoms with Crippen LogP contribution in [0.2, 0.25) is 0 Å². The Morgan fingerprint density at radius 3 is 2.14 bits per heavy atom. The largest absolute Gasteiger partial charge is 0.481 e. The molecule has 202 valence electrons. The van der Waals surface area contributed by atoms with Gasteiger partial charge >= 0.3 is 17.9 Å². The second kappa shape index (κ2) is 14.4. The van der Waals surface area contributed by atoms with E-state index < -0.39 is 72.6 Å². The van der Waals surface area contributed by atoms with Crippen LogP contribution in [0, 0.1) is 0 Å². The molecule has 0 spiro atoms. The minimum Gasteiger partial charge on any atom is -0.481 e. The lowest BCUT2D eigenvalue weighted by Crippen LogP contribution is -2.57. The summed E-state index contributed by atoms with van der Waals surface area (Å²) in [5.74, 6) is -6.79. The lowest BCUT2D eigenvalue weighted by Gasteiger charge is -2.28. The van der Waals surface area contributed by atoms with Crippen molar-refractivity contribution in [2.24, 2.45) is 22.2 Å².